The van der Waals surface area contributed by atoms with E-state index in [1.165, 1.54) is 25.8 Å². The van der Waals surface area contributed by atoms with Crippen LogP contribution in [0.2, 0.25) is 0 Å². The van der Waals surface area contributed by atoms with Gasteiger partial charge in [-0.15, -0.1) is 0 Å². The number of nitrogens with one attached hydrogen (secondary N) is 1. The lowest BCUT2D eigenvalue weighted by molar-refractivity contribution is 0.0451. The Morgan fingerprint density at radius 2 is 2.24 bits per heavy atom. The molecule has 0 aromatic carbocycles. The van der Waals surface area contributed by atoms with E-state index in [2.05, 4.69) is 20.2 Å². The van der Waals surface area contributed by atoms with Crippen molar-refractivity contribution in [1.29, 1.82) is 0 Å². The third-order valence-corrected chi connectivity index (χ3v) is 4.48. The van der Waals surface area contributed by atoms with E-state index in [4.69, 9.17) is 5.84 Å². The van der Waals surface area contributed by atoms with E-state index in [1.54, 1.807) is 6.07 Å². The quantitative estimate of drug-likeness (QED) is 0.477. The molecule has 1 aromatic heterocycles. The summed E-state index contributed by atoms with van der Waals surface area (Å²) in [5.41, 5.74) is 3.44. The summed E-state index contributed by atoms with van der Waals surface area (Å²) in [4.78, 5) is 21.0. The smallest absolute Gasteiger partial charge is 0.283 e. The number of aromatic nitrogens is 1. The zero-order valence-electron chi connectivity index (χ0n) is 12.3. The van der Waals surface area contributed by atoms with E-state index >= 15 is 0 Å². The molecule has 1 amide bonds. The van der Waals surface area contributed by atoms with E-state index in [1.807, 2.05) is 12.1 Å². The van der Waals surface area contributed by atoms with Crippen LogP contribution in [0.25, 0.3) is 0 Å². The van der Waals surface area contributed by atoms with E-state index in [0.29, 0.717) is 11.7 Å². The average Bonchev–Trinajstić information content (AvgIpc) is 2.54. The number of rotatable bonds is 3. The Balaban J connectivity index is 1.62. The maximum atomic E-state index is 11.5. The molecule has 1 atom stereocenters. The number of carbonyl (C=O) groups excluding carboxylic acids is 1. The molecule has 3 N–H and O–H groups in total. The Bertz CT molecular complexity index is 507. The van der Waals surface area contributed by atoms with E-state index < -0.39 is 0 Å². The lowest BCUT2D eigenvalue weighted by atomic mass is 9.99. The summed E-state index contributed by atoms with van der Waals surface area (Å²) in [5, 5.41) is 0. The van der Waals surface area contributed by atoms with Crippen molar-refractivity contribution in [3.63, 3.8) is 0 Å². The highest BCUT2D eigenvalue weighted by Gasteiger charge is 2.28. The zero-order valence-corrected chi connectivity index (χ0v) is 12.3. The summed E-state index contributed by atoms with van der Waals surface area (Å²) < 4.78 is 0. The summed E-state index contributed by atoms with van der Waals surface area (Å²) in [6, 6.07) is 6.22. The van der Waals surface area contributed by atoms with Crippen molar-refractivity contribution in [1.82, 2.24) is 20.2 Å². The molecule has 0 radical (unpaired) electrons. The van der Waals surface area contributed by atoms with Crippen molar-refractivity contribution in [2.45, 2.75) is 31.8 Å². The first-order valence-electron chi connectivity index (χ1n) is 7.69. The van der Waals surface area contributed by atoms with Crippen LogP contribution in [0.1, 0.15) is 35.4 Å². The first-order chi connectivity index (χ1) is 10.3. The van der Waals surface area contributed by atoms with Crippen LogP contribution in [0.5, 0.6) is 0 Å². The summed E-state index contributed by atoms with van der Waals surface area (Å²) in [5.74, 6) is 4.82. The second-order valence-electron chi connectivity index (χ2n) is 5.91. The summed E-state index contributed by atoms with van der Waals surface area (Å²) in [7, 11) is 0. The number of hydrogen-bond acceptors (Lipinski definition) is 5. The molecule has 6 heteroatoms. The molecule has 0 aliphatic carbocycles. The molecular weight excluding hydrogens is 266 g/mol. The van der Waals surface area contributed by atoms with E-state index in [-0.39, 0.29) is 5.91 Å². The number of carbonyl (C=O) groups is 1. The summed E-state index contributed by atoms with van der Waals surface area (Å²) in [6.45, 7) is 5.38. The standard InChI is InChI=1S/C15H23N5O/c16-18-15(21)14-6-3-4-12(17-14)10-19-8-9-20-7-2-1-5-13(20)11-19/h3-4,6,13H,1-2,5,7-11,16H2,(H,18,21). The fourth-order valence-corrected chi connectivity index (χ4v) is 3.36. The van der Waals surface area contributed by atoms with Crippen LogP contribution in [0.3, 0.4) is 0 Å². The fraction of sp³-hybridized carbons (Fsp3) is 0.600. The molecule has 1 unspecified atom stereocenters. The van der Waals surface area contributed by atoms with Crippen LogP contribution < -0.4 is 11.3 Å². The van der Waals surface area contributed by atoms with Gasteiger partial charge in [0.05, 0.1) is 5.69 Å². The minimum atomic E-state index is -0.339. The molecule has 21 heavy (non-hydrogen) atoms. The largest absolute Gasteiger partial charge is 0.298 e. The number of amides is 1. The third kappa shape index (κ3) is 3.40. The molecule has 2 aliphatic heterocycles. The van der Waals surface area contributed by atoms with Gasteiger partial charge in [-0.3, -0.25) is 20.0 Å². The molecule has 2 saturated heterocycles. The van der Waals surface area contributed by atoms with Gasteiger partial charge >= 0.3 is 0 Å². The van der Waals surface area contributed by atoms with Gasteiger partial charge < -0.3 is 0 Å². The van der Waals surface area contributed by atoms with Crippen molar-refractivity contribution >= 4 is 5.91 Å². The molecular formula is C15H23N5O. The van der Waals surface area contributed by atoms with Crippen molar-refractivity contribution in [3.8, 4) is 0 Å². The Hall–Kier alpha value is -1.50. The van der Waals surface area contributed by atoms with Crippen molar-refractivity contribution in [2.24, 2.45) is 5.84 Å². The normalized spacial score (nSPS) is 23.6. The topological polar surface area (TPSA) is 74.5 Å². The molecule has 3 rings (SSSR count). The van der Waals surface area contributed by atoms with E-state index in [0.717, 1.165) is 31.9 Å². The van der Waals surface area contributed by atoms with Crippen LogP contribution in [0, 0.1) is 0 Å². The van der Waals surface area contributed by atoms with Gasteiger partial charge in [0.2, 0.25) is 0 Å². The lowest BCUT2D eigenvalue weighted by Crippen LogP contribution is -2.54. The van der Waals surface area contributed by atoms with Crippen LogP contribution in [0.15, 0.2) is 18.2 Å². The molecule has 0 bridgehead atoms. The molecule has 6 nitrogen and oxygen atoms in total. The molecule has 0 spiro atoms. The van der Waals surface area contributed by atoms with Crippen LogP contribution in [0.4, 0.5) is 0 Å². The number of fused-ring (bicyclic) bond motifs is 1. The fourth-order valence-electron chi connectivity index (χ4n) is 3.36. The minimum absolute atomic E-state index is 0.339. The van der Waals surface area contributed by atoms with E-state index in [9.17, 15) is 4.79 Å². The molecule has 2 aliphatic rings. The number of nitrogens with zero attached hydrogens (tertiary/aromatic N) is 3. The predicted octanol–water partition coefficient (Wildman–Crippen LogP) is 0.355. The van der Waals surface area contributed by atoms with Gasteiger partial charge in [0, 0.05) is 32.2 Å². The van der Waals surface area contributed by atoms with Gasteiger partial charge in [0.1, 0.15) is 5.69 Å². The predicted molar refractivity (Wildman–Crippen MR) is 80.4 cm³/mol. The Morgan fingerprint density at radius 1 is 1.33 bits per heavy atom. The second kappa shape index (κ2) is 6.51. The van der Waals surface area contributed by atoms with Crippen molar-refractivity contribution in [2.75, 3.05) is 26.2 Å². The highest BCUT2D eigenvalue weighted by Crippen LogP contribution is 2.21. The number of hydrazine groups is 1. The molecule has 2 fully saturated rings. The number of piperazine rings is 1. The van der Waals surface area contributed by atoms with Gasteiger partial charge in [-0.05, 0) is 31.5 Å². The Labute approximate surface area is 125 Å². The van der Waals surface area contributed by atoms with Gasteiger partial charge in [0.15, 0.2) is 0 Å². The first kappa shape index (κ1) is 14.4. The molecule has 1 aromatic rings. The highest BCUT2D eigenvalue weighted by molar-refractivity contribution is 5.91. The van der Waals surface area contributed by atoms with Crippen molar-refractivity contribution in [3.05, 3.63) is 29.6 Å². The number of piperidine rings is 1. The molecule has 114 valence electrons. The SMILES string of the molecule is NNC(=O)c1cccc(CN2CCN3CCCCC3C2)n1. The molecule has 0 saturated carbocycles. The van der Waals surface area contributed by atoms with Crippen LogP contribution >= 0.6 is 0 Å². The van der Waals surface area contributed by atoms with Crippen LogP contribution in [-0.2, 0) is 6.54 Å². The second-order valence-corrected chi connectivity index (χ2v) is 5.91. The van der Waals surface area contributed by atoms with Crippen molar-refractivity contribution < 1.29 is 4.79 Å². The van der Waals surface area contributed by atoms with Gasteiger partial charge in [-0.2, -0.15) is 0 Å². The minimum Gasteiger partial charge on any atom is -0.298 e. The number of nitrogen functional groups attached to an aromatic ring is 1. The van der Waals surface area contributed by atoms with Gasteiger partial charge in [0.25, 0.3) is 5.91 Å². The average molecular weight is 289 g/mol. The third-order valence-electron chi connectivity index (χ3n) is 4.48. The summed E-state index contributed by atoms with van der Waals surface area (Å²) >= 11 is 0. The first-order valence-corrected chi connectivity index (χ1v) is 7.69. The van der Waals surface area contributed by atoms with Crippen LogP contribution in [-0.4, -0.2) is 52.9 Å². The number of hydrogen-bond donors (Lipinski definition) is 2. The maximum absolute atomic E-state index is 11.5. The van der Waals surface area contributed by atoms with Gasteiger partial charge in [-0.25, -0.2) is 10.8 Å². The number of pyridine rings is 1. The maximum Gasteiger partial charge on any atom is 0.283 e. The number of nitrogens with two attached hydrogens (primary N) is 1. The lowest BCUT2D eigenvalue weighted by Gasteiger charge is -2.44. The zero-order chi connectivity index (χ0) is 14.7. The Morgan fingerprint density at radius 3 is 3.10 bits per heavy atom. The Kier molecular flexibility index (Phi) is 4.48. The summed E-state index contributed by atoms with van der Waals surface area (Å²) in [6.07, 6.45) is 3.99. The monoisotopic (exact) mass is 289 g/mol. The molecule has 3 heterocycles. The van der Waals surface area contributed by atoms with Gasteiger partial charge in [-0.1, -0.05) is 12.5 Å². The highest BCUT2D eigenvalue weighted by atomic mass is 16.2.